The minimum absolute atomic E-state index is 0.0508. The first-order chi connectivity index (χ1) is 4.66. The number of epoxide rings is 1. The van der Waals surface area contributed by atoms with Crippen molar-refractivity contribution in [2.24, 2.45) is 0 Å². The second kappa shape index (κ2) is 2.58. The van der Waals surface area contributed by atoms with Crippen molar-refractivity contribution in [3.8, 4) is 0 Å². The molecular weight excluding hydrogens is 130 g/mol. The molecule has 0 aromatic rings. The van der Waals surface area contributed by atoms with Gasteiger partial charge in [-0.2, -0.15) is 0 Å². The second-order valence-electron chi connectivity index (χ2n) is 2.87. The van der Waals surface area contributed by atoms with Crippen molar-refractivity contribution in [3.63, 3.8) is 0 Å². The summed E-state index contributed by atoms with van der Waals surface area (Å²) in [6, 6.07) is 0. The molecular formula is C7H13NO2. The number of hydrogen-bond donors (Lipinski definition) is 1. The zero-order chi connectivity index (χ0) is 7.61. The minimum Gasteiger partial charge on any atom is -0.368 e. The molecule has 0 radical (unpaired) electrons. The molecule has 0 saturated carbocycles. The first kappa shape index (κ1) is 7.54. The van der Waals surface area contributed by atoms with Crippen molar-refractivity contribution in [1.82, 2.24) is 5.32 Å². The smallest absolute Gasteiger partial charge is 0.219 e. The molecule has 1 aliphatic heterocycles. The van der Waals surface area contributed by atoms with Crippen LogP contribution in [0.2, 0.25) is 0 Å². The normalized spacial score (nSPS) is 29.8. The Morgan fingerprint density at radius 2 is 2.40 bits per heavy atom. The molecule has 3 heteroatoms. The van der Waals surface area contributed by atoms with E-state index in [2.05, 4.69) is 5.32 Å². The van der Waals surface area contributed by atoms with Gasteiger partial charge in [0.05, 0.1) is 6.61 Å². The molecule has 1 fully saturated rings. The van der Waals surface area contributed by atoms with Gasteiger partial charge in [0.15, 0.2) is 0 Å². The van der Waals surface area contributed by atoms with Gasteiger partial charge in [-0.15, -0.1) is 0 Å². The van der Waals surface area contributed by atoms with E-state index < -0.39 is 0 Å². The molecule has 10 heavy (non-hydrogen) atoms. The predicted octanol–water partition coefficient (Wildman–Crippen LogP) is 0.301. The van der Waals surface area contributed by atoms with E-state index in [1.807, 2.05) is 13.8 Å². The molecule has 3 nitrogen and oxygen atoms in total. The van der Waals surface area contributed by atoms with Crippen molar-refractivity contribution in [2.75, 3.05) is 13.2 Å². The summed E-state index contributed by atoms with van der Waals surface area (Å²) in [5, 5.41) is 2.77. The first-order valence-electron chi connectivity index (χ1n) is 3.57. The molecule has 58 valence electrons. The lowest BCUT2D eigenvalue weighted by Crippen LogP contribution is -2.31. The van der Waals surface area contributed by atoms with E-state index in [4.69, 9.17) is 4.74 Å². The number of nitrogens with one attached hydrogen (secondary N) is 1. The number of ether oxygens (including phenoxy) is 1. The van der Waals surface area contributed by atoms with E-state index in [1.165, 1.54) is 0 Å². The van der Waals surface area contributed by atoms with E-state index in [0.717, 1.165) is 6.61 Å². The summed E-state index contributed by atoms with van der Waals surface area (Å²) in [6.45, 7) is 5.25. The molecule has 1 N–H and O–H groups in total. The van der Waals surface area contributed by atoms with Crippen molar-refractivity contribution in [3.05, 3.63) is 0 Å². The Labute approximate surface area is 60.7 Å². The lowest BCUT2D eigenvalue weighted by molar-refractivity contribution is -0.121. The van der Waals surface area contributed by atoms with Crippen LogP contribution < -0.4 is 5.32 Å². The van der Waals surface area contributed by atoms with Crippen LogP contribution in [0.1, 0.15) is 20.3 Å². The minimum atomic E-state index is -0.0508. The quantitative estimate of drug-likeness (QED) is 0.577. The maximum absolute atomic E-state index is 10.7. The Hall–Kier alpha value is -0.570. The Balaban J connectivity index is 2.10. The molecule has 1 amide bonds. The lowest BCUT2D eigenvalue weighted by atomic mass is 10.2. The van der Waals surface area contributed by atoms with E-state index in [1.54, 1.807) is 0 Å². The summed E-state index contributed by atoms with van der Waals surface area (Å²) in [7, 11) is 0. The molecule has 1 aliphatic rings. The molecule has 1 atom stereocenters. The number of rotatable bonds is 3. The summed E-state index contributed by atoms with van der Waals surface area (Å²) < 4.78 is 5.08. The summed E-state index contributed by atoms with van der Waals surface area (Å²) in [4.78, 5) is 10.7. The molecule has 0 spiro atoms. The molecule has 1 saturated heterocycles. The molecule has 0 aromatic carbocycles. The largest absolute Gasteiger partial charge is 0.368 e. The van der Waals surface area contributed by atoms with Gasteiger partial charge in [-0.1, -0.05) is 6.92 Å². The van der Waals surface area contributed by atoms with Crippen LogP contribution in [-0.2, 0) is 9.53 Å². The number of hydrogen-bond acceptors (Lipinski definition) is 2. The van der Waals surface area contributed by atoms with Gasteiger partial charge in [-0.05, 0) is 6.92 Å². The van der Waals surface area contributed by atoms with E-state index in [9.17, 15) is 4.79 Å². The van der Waals surface area contributed by atoms with Crippen LogP contribution in [0.25, 0.3) is 0 Å². The SMILES string of the molecule is CCC(=O)NCC1(C)CO1. The van der Waals surface area contributed by atoms with Gasteiger partial charge in [0, 0.05) is 13.0 Å². The van der Waals surface area contributed by atoms with Gasteiger partial charge in [0.2, 0.25) is 5.91 Å². The van der Waals surface area contributed by atoms with Crippen molar-refractivity contribution < 1.29 is 9.53 Å². The van der Waals surface area contributed by atoms with Crippen LogP contribution >= 0.6 is 0 Å². The Kier molecular flexibility index (Phi) is 1.94. The van der Waals surface area contributed by atoms with Gasteiger partial charge < -0.3 is 10.1 Å². The van der Waals surface area contributed by atoms with Crippen molar-refractivity contribution in [1.29, 1.82) is 0 Å². The highest BCUT2D eigenvalue weighted by atomic mass is 16.6. The summed E-state index contributed by atoms with van der Waals surface area (Å²) >= 11 is 0. The van der Waals surface area contributed by atoms with Gasteiger partial charge in [0.25, 0.3) is 0 Å². The van der Waals surface area contributed by atoms with Crippen LogP contribution in [0.4, 0.5) is 0 Å². The van der Waals surface area contributed by atoms with E-state index in [0.29, 0.717) is 13.0 Å². The van der Waals surface area contributed by atoms with Gasteiger partial charge in [-0.3, -0.25) is 4.79 Å². The third-order valence-electron chi connectivity index (χ3n) is 1.62. The van der Waals surface area contributed by atoms with Crippen molar-refractivity contribution in [2.45, 2.75) is 25.9 Å². The Bertz CT molecular complexity index is 141. The summed E-state index contributed by atoms with van der Waals surface area (Å²) in [6.07, 6.45) is 0.552. The fourth-order valence-corrected chi connectivity index (χ4v) is 0.636. The first-order valence-corrected chi connectivity index (χ1v) is 3.57. The van der Waals surface area contributed by atoms with Crippen LogP contribution in [-0.4, -0.2) is 24.7 Å². The average molecular weight is 143 g/mol. The molecule has 0 aliphatic carbocycles. The zero-order valence-electron chi connectivity index (χ0n) is 6.44. The standard InChI is InChI=1S/C7H13NO2/c1-3-6(9)8-4-7(2)5-10-7/h3-5H2,1-2H3,(H,8,9). The molecule has 1 rings (SSSR count). The summed E-state index contributed by atoms with van der Waals surface area (Å²) in [5.41, 5.74) is -0.0508. The van der Waals surface area contributed by atoms with E-state index >= 15 is 0 Å². The predicted molar refractivity (Wildman–Crippen MR) is 37.7 cm³/mol. The van der Waals surface area contributed by atoms with Crippen LogP contribution in [0.5, 0.6) is 0 Å². The van der Waals surface area contributed by atoms with Crippen LogP contribution in [0.15, 0.2) is 0 Å². The third-order valence-corrected chi connectivity index (χ3v) is 1.62. The fourth-order valence-electron chi connectivity index (χ4n) is 0.636. The van der Waals surface area contributed by atoms with Gasteiger partial charge >= 0.3 is 0 Å². The molecule has 0 aromatic heterocycles. The number of carbonyl (C=O) groups is 1. The summed E-state index contributed by atoms with van der Waals surface area (Å²) in [5.74, 6) is 0.0942. The van der Waals surface area contributed by atoms with Crippen LogP contribution in [0, 0.1) is 0 Å². The maximum Gasteiger partial charge on any atom is 0.219 e. The average Bonchev–Trinajstić information content (AvgIpc) is 2.64. The highest BCUT2D eigenvalue weighted by Crippen LogP contribution is 2.24. The second-order valence-corrected chi connectivity index (χ2v) is 2.87. The molecule has 1 heterocycles. The monoisotopic (exact) mass is 143 g/mol. The fraction of sp³-hybridized carbons (Fsp3) is 0.857. The molecule has 0 bridgehead atoms. The highest BCUT2D eigenvalue weighted by molar-refractivity contribution is 5.75. The number of carbonyl (C=O) groups excluding carboxylic acids is 1. The maximum atomic E-state index is 10.7. The van der Waals surface area contributed by atoms with Gasteiger partial charge in [-0.25, -0.2) is 0 Å². The zero-order valence-corrected chi connectivity index (χ0v) is 6.44. The Morgan fingerprint density at radius 3 is 2.80 bits per heavy atom. The lowest BCUT2D eigenvalue weighted by Gasteiger charge is -2.05. The topological polar surface area (TPSA) is 41.6 Å². The number of amides is 1. The van der Waals surface area contributed by atoms with E-state index in [-0.39, 0.29) is 11.5 Å². The van der Waals surface area contributed by atoms with Gasteiger partial charge in [0.1, 0.15) is 5.60 Å². The van der Waals surface area contributed by atoms with Crippen LogP contribution in [0.3, 0.4) is 0 Å². The van der Waals surface area contributed by atoms with Crippen molar-refractivity contribution >= 4 is 5.91 Å². The molecule has 1 unspecified atom stereocenters. The Morgan fingerprint density at radius 1 is 1.80 bits per heavy atom. The highest BCUT2D eigenvalue weighted by Gasteiger charge is 2.39. The third kappa shape index (κ3) is 1.99.